The van der Waals surface area contributed by atoms with E-state index >= 15 is 0 Å². The van der Waals surface area contributed by atoms with Gasteiger partial charge in [-0.25, -0.2) is 8.42 Å². The summed E-state index contributed by atoms with van der Waals surface area (Å²) in [4.78, 5) is 0. The fourth-order valence-electron chi connectivity index (χ4n) is 1.31. The van der Waals surface area contributed by atoms with Crippen LogP contribution in [0.15, 0.2) is 14.1 Å². The van der Waals surface area contributed by atoms with Gasteiger partial charge in [0.25, 0.3) is 10.0 Å². The molecule has 0 radical (unpaired) electrons. The molecule has 0 aliphatic rings. The molecule has 4 nitrogen and oxygen atoms in total. The maximum atomic E-state index is 12.2. The molecule has 0 fully saturated rings. The molecule has 0 aliphatic heterocycles. The summed E-state index contributed by atoms with van der Waals surface area (Å²) < 4.78 is 27.0. The molecular weight excluding hydrogens is 324 g/mol. The number of halogens is 1. The largest absolute Gasteiger partial charge is 0.252 e. The Morgan fingerprint density at radius 1 is 1.59 bits per heavy atom. The molecule has 1 aromatic rings. The Hall–Kier alpha value is -0.420. The average molecular weight is 337 g/mol. The predicted molar refractivity (Wildman–Crippen MR) is 71.4 cm³/mol. The molecule has 94 valence electrons. The zero-order chi connectivity index (χ0) is 13.1. The minimum absolute atomic E-state index is 0.207. The Morgan fingerprint density at radius 2 is 2.24 bits per heavy atom. The Balaban J connectivity index is 3.05. The highest BCUT2D eigenvalue weighted by Gasteiger charge is 2.25. The fraction of sp³-hybridized carbons (Fsp3) is 0.500. The van der Waals surface area contributed by atoms with Crippen molar-refractivity contribution in [2.75, 3.05) is 13.1 Å². The van der Waals surface area contributed by atoms with E-state index in [9.17, 15) is 8.42 Å². The third kappa shape index (κ3) is 3.28. The van der Waals surface area contributed by atoms with E-state index in [1.807, 2.05) is 13.0 Å². The summed E-state index contributed by atoms with van der Waals surface area (Å²) in [5, 5.41) is 8.52. The third-order valence-electron chi connectivity index (χ3n) is 2.25. The van der Waals surface area contributed by atoms with Crippen molar-refractivity contribution in [1.82, 2.24) is 4.31 Å². The van der Waals surface area contributed by atoms with Crippen molar-refractivity contribution in [2.24, 2.45) is 0 Å². The second-order valence-corrected chi connectivity index (χ2v) is 7.96. The van der Waals surface area contributed by atoms with Crippen LogP contribution in [0.5, 0.6) is 0 Å². The molecule has 7 heteroatoms. The van der Waals surface area contributed by atoms with Crippen molar-refractivity contribution < 1.29 is 8.42 Å². The van der Waals surface area contributed by atoms with E-state index in [1.165, 1.54) is 15.6 Å². The minimum Gasteiger partial charge on any atom is -0.206 e. The molecule has 0 amide bonds. The number of thiophene rings is 1. The Kier molecular flexibility index (Phi) is 5.13. The summed E-state index contributed by atoms with van der Waals surface area (Å²) in [6.45, 7) is 4.23. The second-order valence-electron chi connectivity index (χ2n) is 3.43. The SMILES string of the molecule is CCN(CCC#N)S(=O)(=O)c1cc(C)c(Br)s1. The van der Waals surface area contributed by atoms with E-state index in [1.54, 1.807) is 13.0 Å². The van der Waals surface area contributed by atoms with Crippen LogP contribution in [0.2, 0.25) is 0 Å². The Bertz CT molecular complexity index is 511. The van der Waals surface area contributed by atoms with Crippen LogP contribution in [0.1, 0.15) is 18.9 Å². The first-order chi connectivity index (χ1) is 7.93. The van der Waals surface area contributed by atoms with Gasteiger partial charge in [-0.3, -0.25) is 0 Å². The standard InChI is InChI=1S/C10H13BrN2O2S2/c1-3-13(6-4-5-12)17(14,15)9-7-8(2)10(11)16-9/h7H,3-4,6H2,1-2H3. The molecule has 0 atom stereocenters. The molecular formula is C10H13BrN2O2S2. The van der Waals surface area contributed by atoms with E-state index in [0.717, 1.165) is 9.35 Å². The lowest BCUT2D eigenvalue weighted by Gasteiger charge is -2.17. The summed E-state index contributed by atoms with van der Waals surface area (Å²) in [7, 11) is -3.45. The highest BCUT2D eigenvalue weighted by molar-refractivity contribution is 9.11. The Labute approximate surface area is 114 Å². The van der Waals surface area contributed by atoms with Gasteiger partial charge in [-0.1, -0.05) is 6.92 Å². The van der Waals surface area contributed by atoms with E-state index in [2.05, 4.69) is 15.9 Å². The first-order valence-corrected chi connectivity index (χ1v) is 8.11. The molecule has 1 rings (SSSR count). The van der Waals surface area contributed by atoms with Crippen LogP contribution in [-0.2, 0) is 10.0 Å². The van der Waals surface area contributed by atoms with E-state index in [-0.39, 0.29) is 13.0 Å². The molecule has 0 aliphatic carbocycles. The van der Waals surface area contributed by atoms with Gasteiger partial charge in [0.05, 0.1) is 9.86 Å². The van der Waals surface area contributed by atoms with Gasteiger partial charge in [0.15, 0.2) is 0 Å². The van der Waals surface area contributed by atoms with Crippen LogP contribution >= 0.6 is 27.3 Å². The smallest absolute Gasteiger partial charge is 0.206 e. The van der Waals surface area contributed by atoms with Crippen molar-refractivity contribution in [1.29, 1.82) is 5.26 Å². The summed E-state index contributed by atoms with van der Waals surface area (Å²) in [5.41, 5.74) is 0.907. The van der Waals surface area contributed by atoms with Crippen molar-refractivity contribution in [3.63, 3.8) is 0 Å². The van der Waals surface area contributed by atoms with Gasteiger partial charge in [0.2, 0.25) is 0 Å². The molecule has 0 bridgehead atoms. The lowest BCUT2D eigenvalue weighted by Crippen LogP contribution is -2.31. The zero-order valence-electron chi connectivity index (χ0n) is 9.60. The molecule has 0 spiro atoms. The number of aryl methyl sites for hydroxylation is 1. The van der Waals surface area contributed by atoms with Gasteiger partial charge in [-0.05, 0) is 34.5 Å². The van der Waals surface area contributed by atoms with Crippen LogP contribution in [0.3, 0.4) is 0 Å². The first kappa shape index (κ1) is 14.6. The van der Waals surface area contributed by atoms with Crippen LogP contribution < -0.4 is 0 Å². The molecule has 0 aromatic carbocycles. The highest BCUT2D eigenvalue weighted by atomic mass is 79.9. The van der Waals surface area contributed by atoms with Gasteiger partial charge in [-0.15, -0.1) is 11.3 Å². The van der Waals surface area contributed by atoms with Crippen LogP contribution in [0.25, 0.3) is 0 Å². The summed E-state index contributed by atoms with van der Waals surface area (Å²) in [5.74, 6) is 0. The normalized spacial score (nSPS) is 11.7. The lowest BCUT2D eigenvalue weighted by molar-refractivity contribution is 0.436. The zero-order valence-corrected chi connectivity index (χ0v) is 12.8. The number of rotatable bonds is 5. The molecule has 0 N–H and O–H groups in total. The quantitative estimate of drug-likeness (QED) is 0.830. The van der Waals surface area contributed by atoms with E-state index in [0.29, 0.717) is 10.8 Å². The number of sulfonamides is 1. The molecule has 17 heavy (non-hydrogen) atoms. The van der Waals surface area contributed by atoms with Gasteiger partial charge >= 0.3 is 0 Å². The highest BCUT2D eigenvalue weighted by Crippen LogP contribution is 2.32. The summed E-state index contributed by atoms with van der Waals surface area (Å²) in [6, 6.07) is 3.61. The second kappa shape index (κ2) is 5.96. The number of hydrogen-bond donors (Lipinski definition) is 0. The topological polar surface area (TPSA) is 61.2 Å². The van der Waals surface area contributed by atoms with Gasteiger partial charge in [0, 0.05) is 19.5 Å². The number of nitriles is 1. The van der Waals surface area contributed by atoms with Crippen molar-refractivity contribution >= 4 is 37.3 Å². The average Bonchev–Trinajstić information content (AvgIpc) is 2.61. The summed E-state index contributed by atoms with van der Waals surface area (Å²) >= 11 is 4.52. The minimum atomic E-state index is -3.45. The van der Waals surface area contributed by atoms with Gasteiger partial charge < -0.3 is 0 Å². The van der Waals surface area contributed by atoms with Gasteiger partial charge in [0.1, 0.15) is 4.21 Å². The molecule has 0 unspecified atom stereocenters. The van der Waals surface area contributed by atoms with E-state index < -0.39 is 10.0 Å². The molecule has 1 aromatic heterocycles. The molecule has 0 saturated heterocycles. The summed E-state index contributed by atoms with van der Waals surface area (Å²) in [6.07, 6.45) is 0.207. The van der Waals surface area contributed by atoms with Crippen LogP contribution in [0, 0.1) is 18.3 Å². The molecule has 1 heterocycles. The first-order valence-electron chi connectivity index (χ1n) is 5.06. The third-order valence-corrected chi connectivity index (χ3v) is 6.81. The van der Waals surface area contributed by atoms with Crippen molar-refractivity contribution in [2.45, 2.75) is 24.5 Å². The van der Waals surface area contributed by atoms with E-state index in [4.69, 9.17) is 5.26 Å². The number of hydrogen-bond acceptors (Lipinski definition) is 4. The number of nitrogens with zero attached hydrogens (tertiary/aromatic N) is 2. The maximum Gasteiger partial charge on any atom is 0.252 e. The monoisotopic (exact) mass is 336 g/mol. The molecule has 0 saturated carbocycles. The Morgan fingerprint density at radius 3 is 2.65 bits per heavy atom. The van der Waals surface area contributed by atoms with Crippen molar-refractivity contribution in [3.8, 4) is 6.07 Å². The van der Waals surface area contributed by atoms with Crippen LogP contribution in [-0.4, -0.2) is 25.8 Å². The lowest BCUT2D eigenvalue weighted by atomic mass is 10.4. The maximum absolute atomic E-state index is 12.2. The van der Waals surface area contributed by atoms with Crippen LogP contribution in [0.4, 0.5) is 0 Å². The fourth-order valence-corrected chi connectivity index (χ4v) is 5.14. The van der Waals surface area contributed by atoms with Crippen molar-refractivity contribution in [3.05, 3.63) is 15.4 Å². The predicted octanol–water partition coefficient (Wildman–Crippen LogP) is 2.74. The van der Waals surface area contributed by atoms with Gasteiger partial charge in [-0.2, -0.15) is 9.57 Å².